The molecular weight excluding hydrogens is 426 g/mol. The van der Waals surface area contributed by atoms with Gasteiger partial charge in [-0.1, -0.05) is 24.6 Å². The minimum atomic E-state index is -3.70. The van der Waals surface area contributed by atoms with E-state index in [1.165, 1.54) is 32.0 Å². The van der Waals surface area contributed by atoms with Crippen molar-refractivity contribution in [1.29, 1.82) is 0 Å². The van der Waals surface area contributed by atoms with E-state index in [-0.39, 0.29) is 16.4 Å². The van der Waals surface area contributed by atoms with Crippen LogP contribution in [0.2, 0.25) is 0 Å². The smallest absolute Gasteiger partial charge is 0.244 e. The maximum Gasteiger partial charge on any atom is 0.244 e. The summed E-state index contributed by atoms with van der Waals surface area (Å²) in [5.74, 6) is 0.181. The molecule has 32 heavy (non-hydrogen) atoms. The van der Waals surface area contributed by atoms with E-state index >= 15 is 0 Å². The molecule has 3 rings (SSSR count). The minimum absolute atomic E-state index is 0.0111. The fourth-order valence-corrected chi connectivity index (χ4v) is 4.90. The van der Waals surface area contributed by atoms with E-state index in [1.807, 2.05) is 6.07 Å². The van der Waals surface area contributed by atoms with Gasteiger partial charge < -0.3 is 9.64 Å². The number of carbonyl (C=O) groups excluding carboxylic acids is 1. The van der Waals surface area contributed by atoms with Crippen LogP contribution in [0.1, 0.15) is 36.0 Å². The van der Waals surface area contributed by atoms with Crippen molar-refractivity contribution in [2.24, 2.45) is 0 Å². The quantitative estimate of drug-likeness (QED) is 0.411. The predicted octanol–water partition coefficient (Wildman–Crippen LogP) is 3.17. The van der Waals surface area contributed by atoms with Crippen LogP contribution in [0.5, 0.6) is 5.75 Å². The standard InChI is InChI=1S/C24H33N3O4S/c1-25-32(29,30)24-19-20(12-13-23(24)31-2)22(28)11-7-4-8-14-26-15-17-27(18-16-26)21-9-5-3-6-10-21/h3,5-6,9-10,12-13,19,25H,4,7-8,11,14-18H2,1-2H3. The topological polar surface area (TPSA) is 79.0 Å². The number of para-hydroxylation sites is 1. The Bertz CT molecular complexity index is 988. The van der Waals surface area contributed by atoms with E-state index in [4.69, 9.17) is 4.74 Å². The van der Waals surface area contributed by atoms with Crippen molar-refractivity contribution in [3.8, 4) is 5.75 Å². The molecule has 1 aliphatic heterocycles. The lowest BCUT2D eigenvalue weighted by atomic mass is 10.0. The normalized spacial score (nSPS) is 15.0. The molecule has 7 nitrogen and oxygen atoms in total. The highest BCUT2D eigenvalue weighted by atomic mass is 32.2. The maximum absolute atomic E-state index is 12.6. The lowest BCUT2D eigenvalue weighted by Crippen LogP contribution is -2.46. The molecule has 0 spiro atoms. The van der Waals surface area contributed by atoms with Crippen molar-refractivity contribution in [2.45, 2.75) is 30.6 Å². The van der Waals surface area contributed by atoms with Gasteiger partial charge >= 0.3 is 0 Å². The van der Waals surface area contributed by atoms with Crippen LogP contribution in [0.4, 0.5) is 5.69 Å². The lowest BCUT2D eigenvalue weighted by molar-refractivity contribution is 0.0978. The molecule has 2 aromatic carbocycles. The molecule has 0 atom stereocenters. The molecule has 0 radical (unpaired) electrons. The van der Waals surface area contributed by atoms with Gasteiger partial charge in [0.25, 0.3) is 0 Å². The number of carbonyl (C=O) groups is 1. The Morgan fingerprint density at radius 1 is 1.00 bits per heavy atom. The Morgan fingerprint density at radius 3 is 2.38 bits per heavy atom. The summed E-state index contributed by atoms with van der Waals surface area (Å²) in [5, 5.41) is 0. The Hall–Kier alpha value is -2.42. The highest BCUT2D eigenvalue weighted by molar-refractivity contribution is 7.89. The molecule has 0 saturated carbocycles. The highest BCUT2D eigenvalue weighted by Crippen LogP contribution is 2.25. The molecule has 0 unspecified atom stereocenters. The zero-order chi connectivity index (χ0) is 23.0. The number of benzene rings is 2. The third-order valence-electron chi connectivity index (χ3n) is 5.92. The van der Waals surface area contributed by atoms with Crippen molar-refractivity contribution < 1.29 is 17.9 Å². The van der Waals surface area contributed by atoms with Crippen LogP contribution in [0.25, 0.3) is 0 Å². The third kappa shape index (κ3) is 6.31. The molecule has 174 valence electrons. The van der Waals surface area contributed by atoms with Gasteiger partial charge in [0, 0.05) is 43.9 Å². The molecule has 1 fully saturated rings. The number of hydrogen-bond acceptors (Lipinski definition) is 6. The number of nitrogens with one attached hydrogen (secondary N) is 1. The van der Waals surface area contributed by atoms with Gasteiger partial charge in [-0.25, -0.2) is 13.1 Å². The van der Waals surface area contributed by atoms with Crippen molar-refractivity contribution in [3.63, 3.8) is 0 Å². The molecule has 2 aromatic rings. The van der Waals surface area contributed by atoms with Crippen LogP contribution < -0.4 is 14.4 Å². The molecule has 1 heterocycles. The Balaban J connectivity index is 1.40. The van der Waals surface area contributed by atoms with Gasteiger partial charge in [0.1, 0.15) is 10.6 Å². The number of anilines is 1. The molecule has 0 aliphatic carbocycles. The molecule has 1 aliphatic rings. The molecule has 0 aromatic heterocycles. The van der Waals surface area contributed by atoms with Crippen molar-refractivity contribution in [2.75, 3.05) is 51.8 Å². The Labute approximate surface area is 191 Å². The van der Waals surface area contributed by atoms with Crippen molar-refractivity contribution in [3.05, 3.63) is 54.1 Å². The Morgan fingerprint density at radius 2 is 1.72 bits per heavy atom. The van der Waals surface area contributed by atoms with E-state index in [9.17, 15) is 13.2 Å². The van der Waals surface area contributed by atoms with Crippen LogP contribution in [-0.4, -0.2) is 66.0 Å². The van der Waals surface area contributed by atoms with Crippen molar-refractivity contribution >= 4 is 21.5 Å². The summed E-state index contributed by atoms with van der Waals surface area (Å²) in [4.78, 5) is 17.5. The van der Waals surface area contributed by atoms with E-state index < -0.39 is 10.0 Å². The number of rotatable bonds is 11. The van der Waals surface area contributed by atoms with E-state index in [1.54, 1.807) is 6.07 Å². The first-order valence-electron chi connectivity index (χ1n) is 11.1. The highest BCUT2D eigenvalue weighted by Gasteiger charge is 2.20. The maximum atomic E-state index is 12.6. The van der Waals surface area contributed by atoms with Gasteiger partial charge in [0.15, 0.2) is 5.78 Å². The number of sulfonamides is 1. The minimum Gasteiger partial charge on any atom is -0.495 e. The molecule has 0 bridgehead atoms. The molecule has 1 N–H and O–H groups in total. The first-order valence-corrected chi connectivity index (χ1v) is 12.6. The van der Waals surface area contributed by atoms with Crippen LogP contribution in [0.15, 0.2) is 53.4 Å². The molecule has 1 saturated heterocycles. The summed E-state index contributed by atoms with van der Waals surface area (Å²) < 4.78 is 31.8. The number of ketones is 1. The first kappa shape index (κ1) is 24.2. The van der Waals surface area contributed by atoms with Gasteiger partial charge in [-0.2, -0.15) is 0 Å². The molecular formula is C24H33N3O4S. The van der Waals surface area contributed by atoms with Crippen LogP contribution in [0, 0.1) is 0 Å². The number of unbranched alkanes of at least 4 members (excludes halogenated alkanes) is 2. The summed E-state index contributed by atoms with van der Waals surface area (Å²) in [5.41, 5.74) is 1.69. The van der Waals surface area contributed by atoms with Gasteiger partial charge in [0.2, 0.25) is 10.0 Å². The fourth-order valence-electron chi connectivity index (χ4n) is 3.98. The number of Topliss-reactive ketones (excluding diaryl/α,β-unsaturated/α-hetero) is 1. The average molecular weight is 460 g/mol. The third-order valence-corrected chi connectivity index (χ3v) is 7.35. The number of hydrogen-bond donors (Lipinski definition) is 1. The zero-order valence-electron chi connectivity index (χ0n) is 18.9. The molecule has 0 amide bonds. The summed E-state index contributed by atoms with van der Waals surface area (Å²) >= 11 is 0. The number of piperazine rings is 1. The summed E-state index contributed by atoms with van der Waals surface area (Å²) in [7, 11) is -0.949. The van der Waals surface area contributed by atoms with E-state index in [0.29, 0.717) is 12.0 Å². The summed E-state index contributed by atoms with van der Waals surface area (Å²) in [6.07, 6.45) is 3.24. The summed E-state index contributed by atoms with van der Waals surface area (Å²) in [6, 6.07) is 15.1. The monoisotopic (exact) mass is 459 g/mol. The number of nitrogens with zero attached hydrogens (tertiary/aromatic N) is 2. The summed E-state index contributed by atoms with van der Waals surface area (Å²) in [6.45, 7) is 5.24. The van der Waals surface area contributed by atoms with Gasteiger partial charge in [-0.05, 0) is 56.8 Å². The second kappa shape index (κ2) is 11.4. The molecule has 8 heteroatoms. The zero-order valence-corrected chi connectivity index (χ0v) is 19.7. The van der Waals surface area contributed by atoms with E-state index in [0.717, 1.165) is 52.0 Å². The fraction of sp³-hybridized carbons (Fsp3) is 0.458. The average Bonchev–Trinajstić information content (AvgIpc) is 2.84. The SMILES string of the molecule is CNS(=O)(=O)c1cc(C(=O)CCCCCN2CCN(c3ccccc3)CC2)ccc1OC. The first-order chi connectivity index (χ1) is 15.4. The van der Waals surface area contributed by atoms with Gasteiger partial charge in [-0.3, -0.25) is 9.69 Å². The number of ether oxygens (including phenoxy) is 1. The van der Waals surface area contributed by atoms with Crippen molar-refractivity contribution in [1.82, 2.24) is 9.62 Å². The largest absolute Gasteiger partial charge is 0.495 e. The van der Waals surface area contributed by atoms with Crippen LogP contribution in [-0.2, 0) is 10.0 Å². The van der Waals surface area contributed by atoms with Crippen LogP contribution in [0.3, 0.4) is 0 Å². The van der Waals surface area contributed by atoms with Gasteiger partial charge in [-0.15, -0.1) is 0 Å². The van der Waals surface area contributed by atoms with E-state index in [2.05, 4.69) is 38.8 Å². The number of methoxy groups -OCH3 is 1. The second-order valence-corrected chi connectivity index (χ2v) is 9.83. The Kier molecular flexibility index (Phi) is 8.67. The lowest BCUT2D eigenvalue weighted by Gasteiger charge is -2.36. The van der Waals surface area contributed by atoms with Gasteiger partial charge in [0.05, 0.1) is 7.11 Å². The predicted molar refractivity (Wildman–Crippen MR) is 127 cm³/mol. The second-order valence-electron chi connectivity index (χ2n) is 7.97. The van der Waals surface area contributed by atoms with Crippen LogP contribution >= 0.6 is 0 Å².